The molecule has 8 heteroatoms. The number of nitrogens with one attached hydrogen (secondary N) is 1. The van der Waals surface area contributed by atoms with Crippen LogP contribution in [0.3, 0.4) is 0 Å². The van der Waals surface area contributed by atoms with Gasteiger partial charge in [0.15, 0.2) is 0 Å². The fraction of sp³-hybridized carbons (Fsp3) is 0.708. The van der Waals surface area contributed by atoms with Crippen molar-refractivity contribution in [1.82, 2.24) is 9.03 Å². The molecule has 1 heterocycles. The van der Waals surface area contributed by atoms with Gasteiger partial charge >= 0.3 is 10.2 Å². The van der Waals surface area contributed by atoms with E-state index in [0.29, 0.717) is 36.1 Å². The molecule has 5 aliphatic carbocycles. The van der Waals surface area contributed by atoms with Crippen LogP contribution in [-0.2, 0) is 10.2 Å². The first-order valence-corrected chi connectivity index (χ1v) is 13.5. The summed E-state index contributed by atoms with van der Waals surface area (Å²) in [6.07, 6.45) is 8.94. The van der Waals surface area contributed by atoms with E-state index in [1.807, 2.05) is 4.72 Å². The first kappa shape index (κ1) is 20.9. The Balaban J connectivity index is 1.26. The van der Waals surface area contributed by atoms with Crippen LogP contribution in [0, 0.1) is 29.0 Å². The van der Waals surface area contributed by atoms with Gasteiger partial charge in [-0.1, -0.05) is 6.92 Å². The summed E-state index contributed by atoms with van der Waals surface area (Å²) >= 11 is 0. The number of carbonyl (C=O) groups is 1. The first-order chi connectivity index (χ1) is 15.2. The molecular formula is C24H31FN2O4S. The average Bonchev–Trinajstić information content (AvgIpc) is 3.46. The zero-order valence-electron chi connectivity index (χ0n) is 18.5. The number of hydrogen-bond donors (Lipinski definition) is 1. The van der Waals surface area contributed by atoms with Gasteiger partial charge in [0.1, 0.15) is 17.7 Å². The normalized spacial score (nSPS) is 36.1. The van der Waals surface area contributed by atoms with Crippen molar-refractivity contribution in [3.63, 3.8) is 0 Å². The molecule has 6 nitrogen and oxygen atoms in total. The zero-order chi connectivity index (χ0) is 22.3. The van der Waals surface area contributed by atoms with Crippen LogP contribution in [0.4, 0.5) is 4.39 Å². The Morgan fingerprint density at radius 1 is 1.16 bits per heavy atom. The van der Waals surface area contributed by atoms with Crippen LogP contribution in [0.2, 0.25) is 0 Å². The van der Waals surface area contributed by atoms with Crippen molar-refractivity contribution in [2.45, 2.75) is 70.3 Å². The number of carbonyl (C=O) groups excluding carboxylic acids is 1. The molecule has 6 aliphatic rings. The predicted molar refractivity (Wildman–Crippen MR) is 117 cm³/mol. The van der Waals surface area contributed by atoms with Gasteiger partial charge in [-0.15, -0.1) is 0 Å². The molecule has 5 saturated carbocycles. The number of ether oxygens (including phenoxy) is 1. The topological polar surface area (TPSA) is 75.7 Å². The van der Waals surface area contributed by atoms with Crippen molar-refractivity contribution in [3.8, 4) is 5.75 Å². The summed E-state index contributed by atoms with van der Waals surface area (Å²) in [5.41, 5.74) is 1.06. The fourth-order valence-electron chi connectivity index (χ4n) is 7.05. The SMILES string of the molecule is C[C@]12CC3CC(C1)[C@@H](Oc1cc(F)c(C(=O)NS(=O)(=O)N4CCC4)cc1C1CC1)C(C3)C2. The molecule has 1 aromatic rings. The fourth-order valence-corrected chi connectivity index (χ4v) is 8.26. The van der Waals surface area contributed by atoms with E-state index in [1.54, 1.807) is 0 Å². The van der Waals surface area contributed by atoms with Gasteiger partial charge in [0.25, 0.3) is 5.91 Å². The zero-order valence-corrected chi connectivity index (χ0v) is 19.3. The third kappa shape index (κ3) is 3.54. The monoisotopic (exact) mass is 462 g/mol. The second kappa shape index (κ2) is 7.16. The molecule has 1 aliphatic heterocycles. The number of amides is 1. The van der Waals surface area contributed by atoms with Gasteiger partial charge in [0.05, 0.1) is 5.56 Å². The molecule has 7 rings (SSSR count). The maximum absolute atomic E-state index is 15.1. The summed E-state index contributed by atoms with van der Waals surface area (Å²) in [5, 5.41) is 0. The Bertz CT molecular complexity index is 1050. The first-order valence-electron chi connectivity index (χ1n) is 12.0. The van der Waals surface area contributed by atoms with E-state index in [0.717, 1.165) is 30.7 Å². The van der Waals surface area contributed by atoms with E-state index < -0.39 is 21.9 Å². The summed E-state index contributed by atoms with van der Waals surface area (Å²) in [4.78, 5) is 12.7. The Kier molecular flexibility index (Phi) is 4.68. The third-order valence-electron chi connectivity index (χ3n) is 8.49. The molecule has 32 heavy (non-hydrogen) atoms. The standard InChI is InChI=1S/C24H31FN2O4S/c1-24-11-14-7-16(12-24)22(17(8-14)13-24)31-21-10-20(25)19(9-18(21)15-3-4-15)23(28)26-32(29,30)27-5-2-6-27/h9-10,14-17,22H,2-8,11-13H2,1H3,(H,26,28)/t14?,16?,17?,22-,24+. The van der Waals surface area contributed by atoms with Crippen LogP contribution in [0.15, 0.2) is 12.1 Å². The largest absolute Gasteiger partial charge is 0.489 e. The Morgan fingerprint density at radius 3 is 2.41 bits per heavy atom. The molecule has 2 atom stereocenters. The lowest BCUT2D eigenvalue weighted by molar-refractivity contribution is -0.117. The number of benzene rings is 1. The lowest BCUT2D eigenvalue weighted by Crippen LogP contribution is -2.54. The van der Waals surface area contributed by atoms with Crippen molar-refractivity contribution in [2.24, 2.45) is 23.2 Å². The van der Waals surface area contributed by atoms with Gasteiger partial charge in [-0.2, -0.15) is 12.7 Å². The van der Waals surface area contributed by atoms with Crippen LogP contribution in [-0.4, -0.2) is 37.8 Å². The van der Waals surface area contributed by atoms with Gasteiger partial charge in [0, 0.05) is 19.2 Å². The Morgan fingerprint density at radius 2 is 1.84 bits per heavy atom. The van der Waals surface area contributed by atoms with E-state index in [4.69, 9.17) is 4.74 Å². The van der Waals surface area contributed by atoms with Crippen LogP contribution < -0.4 is 9.46 Å². The quantitative estimate of drug-likeness (QED) is 0.694. The minimum Gasteiger partial charge on any atom is -0.489 e. The molecule has 0 radical (unpaired) electrons. The maximum Gasteiger partial charge on any atom is 0.304 e. The Hall–Kier alpha value is -1.67. The molecule has 1 saturated heterocycles. The van der Waals surface area contributed by atoms with Crippen molar-refractivity contribution in [1.29, 1.82) is 0 Å². The highest BCUT2D eigenvalue weighted by Crippen LogP contribution is 2.60. The van der Waals surface area contributed by atoms with Crippen molar-refractivity contribution >= 4 is 16.1 Å². The van der Waals surface area contributed by atoms with E-state index >= 15 is 4.39 Å². The van der Waals surface area contributed by atoms with Gasteiger partial charge in [-0.25, -0.2) is 9.11 Å². The molecule has 1 N–H and O–H groups in total. The minimum atomic E-state index is -3.92. The highest BCUT2D eigenvalue weighted by molar-refractivity contribution is 7.87. The van der Waals surface area contributed by atoms with Gasteiger partial charge in [-0.05, 0) is 92.1 Å². The highest BCUT2D eigenvalue weighted by atomic mass is 32.2. The van der Waals surface area contributed by atoms with Gasteiger partial charge in [0.2, 0.25) is 0 Å². The average molecular weight is 463 g/mol. The molecule has 1 amide bonds. The van der Waals surface area contributed by atoms with Crippen LogP contribution in [0.25, 0.3) is 0 Å². The molecule has 1 aromatic carbocycles. The summed E-state index contributed by atoms with van der Waals surface area (Å²) in [6, 6.07) is 2.85. The summed E-state index contributed by atoms with van der Waals surface area (Å²) in [7, 11) is -3.92. The van der Waals surface area contributed by atoms with E-state index in [-0.39, 0.29) is 17.6 Å². The van der Waals surface area contributed by atoms with Crippen molar-refractivity contribution < 1.29 is 22.3 Å². The molecular weight excluding hydrogens is 431 g/mol. The van der Waals surface area contributed by atoms with Gasteiger partial charge in [-0.3, -0.25) is 4.79 Å². The maximum atomic E-state index is 15.1. The number of hydrogen-bond acceptors (Lipinski definition) is 4. The smallest absolute Gasteiger partial charge is 0.304 e. The molecule has 0 aromatic heterocycles. The number of nitrogens with zero attached hydrogens (tertiary/aromatic N) is 1. The van der Waals surface area contributed by atoms with Crippen LogP contribution in [0.1, 0.15) is 80.1 Å². The van der Waals surface area contributed by atoms with Gasteiger partial charge < -0.3 is 4.74 Å². The lowest BCUT2D eigenvalue weighted by Gasteiger charge is -2.58. The highest BCUT2D eigenvalue weighted by Gasteiger charge is 2.54. The molecule has 4 bridgehead atoms. The lowest BCUT2D eigenvalue weighted by atomic mass is 9.49. The molecule has 0 spiro atoms. The predicted octanol–water partition coefficient (Wildman–Crippen LogP) is 3.98. The van der Waals surface area contributed by atoms with E-state index in [2.05, 4.69) is 6.92 Å². The summed E-state index contributed by atoms with van der Waals surface area (Å²) in [6.45, 7) is 3.18. The minimum absolute atomic E-state index is 0.114. The second-order valence-corrected chi connectivity index (χ2v) is 12.9. The van der Waals surface area contributed by atoms with E-state index in [1.165, 1.54) is 48.5 Å². The Labute approximate surface area is 189 Å². The summed E-state index contributed by atoms with van der Waals surface area (Å²) in [5.74, 6) is 1.00. The molecule has 6 fully saturated rings. The number of halogens is 1. The summed E-state index contributed by atoms with van der Waals surface area (Å²) < 4.78 is 49.4. The van der Waals surface area contributed by atoms with Crippen LogP contribution in [0.5, 0.6) is 5.75 Å². The second-order valence-electron chi connectivity index (χ2n) is 11.2. The molecule has 174 valence electrons. The molecule has 2 unspecified atom stereocenters. The third-order valence-corrected chi connectivity index (χ3v) is 9.98. The van der Waals surface area contributed by atoms with E-state index in [9.17, 15) is 13.2 Å². The number of rotatable bonds is 6. The van der Waals surface area contributed by atoms with Crippen molar-refractivity contribution in [3.05, 3.63) is 29.1 Å². The van der Waals surface area contributed by atoms with Crippen molar-refractivity contribution in [2.75, 3.05) is 13.1 Å². The van der Waals surface area contributed by atoms with Crippen LogP contribution >= 0.6 is 0 Å².